The monoisotopic (exact) mass is 367 g/mol. The average Bonchev–Trinajstić information content (AvgIpc) is 2.75. The Morgan fingerprint density at radius 1 is 0.857 bits per heavy atom. The van der Waals surface area contributed by atoms with Crippen LogP contribution in [-0.2, 0) is 0 Å². The van der Waals surface area contributed by atoms with Gasteiger partial charge in [0.05, 0.1) is 5.69 Å². The van der Waals surface area contributed by atoms with Gasteiger partial charge in [0.25, 0.3) is 5.56 Å². The highest BCUT2D eigenvalue weighted by atomic mass is 16.1. The maximum atomic E-state index is 13.2. The van der Waals surface area contributed by atoms with E-state index in [1.165, 1.54) is 0 Å². The number of hydrogen-bond donors (Lipinski definition) is 1. The molecule has 5 heteroatoms. The Labute approximate surface area is 161 Å². The third-order valence-corrected chi connectivity index (χ3v) is 4.49. The van der Waals surface area contributed by atoms with Crippen molar-refractivity contribution in [3.8, 4) is 28.1 Å². The van der Waals surface area contributed by atoms with E-state index in [9.17, 15) is 9.59 Å². The van der Waals surface area contributed by atoms with Crippen LogP contribution in [-0.4, -0.2) is 15.5 Å². The summed E-state index contributed by atoms with van der Waals surface area (Å²) in [6.07, 6.45) is 3.51. The smallest absolute Gasteiger partial charge is 0.262 e. The maximum absolute atomic E-state index is 13.2. The first-order chi connectivity index (χ1) is 13.6. The van der Waals surface area contributed by atoms with Gasteiger partial charge < -0.3 is 5.73 Å². The van der Waals surface area contributed by atoms with Crippen molar-refractivity contribution in [2.75, 3.05) is 0 Å². The van der Waals surface area contributed by atoms with Crippen molar-refractivity contribution in [3.63, 3.8) is 0 Å². The lowest BCUT2D eigenvalue weighted by molar-refractivity contribution is 0.100. The van der Waals surface area contributed by atoms with Gasteiger partial charge >= 0.3 is 0 Å². The molecular weight excluding hydrogens is 350 g/mol. The largest absolute Gasteiger partial charge is 0.366 e. The van der Waals surface area contributed by atoms with Gasteiger partial charge in [-0.25, -0.2) is 0 Å². The number of carbonyl (C=O) groups excluding carboxylic acids is 1. The summed E-state index contributed by atoms with van der Waals surface area (Å²) in [6.45, 7) is 0. The van der Waals surface area contributed by atoms with Crippen molar-refractivity contribution in [2.24, 2.45) is 5.73 Å². The Kier molecular flexibility index (Phi) is 4.56. The molecule has 0 aliphatic carbocycles. The molecule has 2 heterocycles. The lowest BCUT2D eigenvalue weighted by atomic mass is 10.0. The fourth-order valence-corrected chi connectivity index (χ4v) is 3.06. The van der Waals surface area contributed by atoms with Crippen LogP contribution in [0.3, 0.4) is 0 Å². The van der Waals surface area contributed by atoms with Crippen LogP contribution in [0, 0.1) is 0 Å². The molecule has 0 bridgehead atoms. The predicted octanol–water partition coefficient (Wildman–Crippen LogP) is 3.67. The van der Waals surface area contributed by atoms with Crippen LogP contribution in [0.1, 0.15) is 10.4 Å². The van der Waals surface area contributed by atoms with Gasteiger partial charge in [0.2, 0.25) is 5.91 Å². The molecule has 0 spiro atoms. The molecule has 136 valence electrons. The first-order valence-electron chi connectivity index (χ1n) is 8.77. The number of nitrogens with zero attached hydrogens (tertiary/aromatic N) is 2. The number of aromatic nitrogens is 2. The summed E-state index contributed by atoms with van der Waals surface area (Å²) in [4.78, 5) is 29.0. The summed E-state index contributed by atoms with van der Waals surface area (Å²) in [6, 6.07) is 23.6. The Morgan fingerprint density at radius 2 is 1.57 bits per heavy atom. The molecule has 4 rings (SSSR count). The van der Waals surface area contributed by atoms with E-state index in [-0.39, 0.29) is 5.56 Å². The van der Waals surface area contributed by atoms with Gasteiger partial charge in [0.1, 0.15) is 0 Å². The molecule has 2 aromatic carbocycles. The summed E-state index contributed by atoms with van der Waals surface area (Å²) in [5, 5.41) is 0. The number of primary amides is 1. The number of rotatable bonds is 4. The number of benzene rings is 2. The van der Waals surface area contributed by atoms with Crippen LogP contribution in [0.4, 0.5) is 0 Å². The average molecular weight is 367 g/mol. The van der Waals surface area contributed by atoms with Crippen molar-refractivity contribution in [2.45, 2.75) is 0 Å². The third-order valence-electron chi connectivity index (χ3n) is 4.49. The number of para-hydroxylation sites is 1. The second-order valence-corrected chi connectivity index (χ2v) is 6.31. The highest BCUT2D eigenvalue weighted by Gasteiger charge is 2.12. The van der Waals surface area contributed by atoms with Gasteiger partial charge in [-0.2, -0.15) is 0 Å². The normalized spacial score (nSPS) is 10.6. The Hall–Kier alpha value is -3.99. The Balaban J connectivity index is 1.95. The molecule has 0 radical (unpaired) electrons. The van der Waals surface area contributed by atoms with Crippen molar-refractivity contribution in [1.29, 1.82) is 0 Å². The van der Waals surface area contributed by atoms with E-state index in [0.717, 1.165) is 16.9 Å². The zero-order chi connectivity index (χ0) is 19.5. The minimum atomic E-state index is -0.504. The molecule has 0 aliphatic rings. The van der Waals surface area contributed by atoms with Gasteiger partial charge in [0, 0.05) is 34.8 Å². The molecule has 1 amide bonds. The summed E-state index contributed by atoms with van der Waals surface area (Å²) < 4.78 is 1.61. The zero-order valence-electron chi connectivity index (χ0n) is 14.9. The van der Waals surface area contributed by atoms with E-state index in [1.54, 1.807) is 41.2 Å². The summed E-state index contributed by atoms with van der Waals surface area (Å²) in [7, 11) is 0. The minimum Gasteiger partial charge on any atom is -0.366 e. The molecule has 4 aromatic rings. The molecule has 28 heavy (non-hydrogen) atoms. The fraction of sp³-hybridized carbons (Fsp3) is 0. The number of amides is 1. The van der Waals surface area contributed by atoms with Crippen LogP contribution in [0.2, 0.25) is 0 Å². The fourth-order valence-electron chi connectivity index (χ4n) is 3.06. The number of hydrogen-bond acceptors (Lipinski definition) is 3. The molecule has 0 unspecified atom stereocenters. The van der Waals surface area contributed by atoms with Crippen molar-refractivity contribution < 1.29 is 4.79 Å². The number of nitrogens with two attached hydrogens (primary N) is 1. The van der Waals surface area contributed by atoms with Crippen LogP contribution >= 0.6 is 0 Å². The van der Waals surface area contributed by atoms with Crippen molar-refractivity contribution in [3.05, 3.63) is 107 Å². The van der Waals surface area contributed by atoms with E-state index in [4.69, 9.17) is 5.73 Å². The first-order valence-corrected chi connectivity index (χ1v) is 8.77. The lowest BCUT2D eigenvalue weighted by Gasteiger charge is -2.12. The topological polar surface area (TPSA) is 78.0 Å². The second kappa shape index (κ2) is 7.32. The van der Waals surface area contributed by atoms with Crippen LogP contribution in [0.25, 0.3) is 28.1 Å². The van der Waals surface area contributed by atoms with E-state index < -0.39 is 5.91 Å². The molecule has 0 aliphatic heterocycles. The quantitative estimate of drug-likeness (QED) is 0.598. The SMILES string of the molecule is NC(=O)c1ccc(-c2cc(-c3ccccn3)cn(-c3ccccc3)c2=O)cc1. The molecular formula is C23H17N3O2. The van der Waals surface area contributed by atoms with Crippen molar-refractivity contribution in [1.82, 2.24) is 9.55 Å². The Bertz CT molecular complexity index is 1180. The van der Waals surface area contributed by atoms with Crippen LogP contribution < -0.4 is 11.3 Å². The Morgan fingerprint density at radius 3 is 2.21 bits per heavy atom. The molecule has 2 N–H and O–H groups in total. The first kappa shape index (κ1) is 17.4. The van der Waals surface area contributed by atoms with Crippen molar-refractivity contribution >= 4 is 5.91 Å². The number of carbonyl (C=O) groups is 1. The molecule has 0 saturated heterocycles. The molecule has 0 saturated carbocycles. The van der Waals surface area contributed by atoms with Crippen LogP contribution in [0.5, 0.6) is 0 Å². The van der Waals surface area contributed by atoms with E-state index >= 15 is 0 Å². The van der Waals surface area contributed by atoms with E-state index in [2.05, 4.69) is 4.98 Å². The molecule has 5 nitrogen and oxygen atoms in total. The molecule has 2 aromatic heterocycles. The summed E-state index contributed by atoms with van der Waals surface area (Å²) >= 11 is 0. The molecule has 0 atom stereocenters. The highest BCUT2D eigenvalue weighted by Crippen LogP contribution is 2.24. The van der Waals surface area contributed by atoms with E-state index in [1.807, 2.05) is 54.6 Å². The third kappa shape index (κ3) is 3.33. The summed E-state index contributed by atoms with van der Waals surface area (Å²) in [5.41, 5.74) is 9.13. The second-order valence-electron chi connectivity index (χ2n) is 6.31. The number of pyridine rings is 2. The molecule has 0 fully saturated rings. The minimum absolute atomic E-state index is 0.155. The standard InChI is InChI=1S/C23H17N3O2/c24-22(27)17-11-9-16(10-12-17)20-14-18(21-8-4-5-13-25-21)15-26(23(20)28)19-6-2-1-3-7-19/h1-15H,(H2,24,27). The van der Waals surface area contributed by atoms with Gasteiger partial charge in [-0.15, -0.1) is 0 Å². The summed E-state index contributed by atoms with van der Waals surface area (Å²) in [5.74, 6) is -0.504. The highest BCUT2D eigenvalue weighted by molar-refractivity contribution is 5.93. The van der Waals surface area contributed by atoms with Crippen LogP contribution in [0.15, 0.2) is 96.1 Å². The van der Waals surface area contributed by atoms with Gasteiger partial charge in [-0.05, 0) is 48.0 Å². The maximum Gasteiger partial charge on any atom is 0.262 e. The lowest BCUT2D eigenvalue weighted by Crippen LogP contribution is -2.20. The van der Waals surface area contributed by atoms with Gasteiger partial charge in [-0.1, -0.05) is 36.4 Å². The van der Waals surface area contributed by atoms with Gasteiger partial charge in [-0.3, -0.25) is 19.1 Å². The predicted molar refractivity (Wildman–Crippen MR) is 109 cm³/mol. The van der Waals surface area contributed by atoms with E-state index in [0.29, 0.717) is 16.7 Å². The zero-order valence-corrected chi connectivity index (χ0v) is 14.9. The van der Waals surface area contributed by atoms with Gasteiger partial charge in [0.15, 0.2) is 0 Å².